The number of ether oxygens (including phenoxy) is 1. The molecule has 0 saturated heterocycles. The molecule has 0 aliphatic rings. The summed E-state index contributed by atoms with van der Waals surface area (Å²) in [7, 11) is 1.30. The SMILES string of the molecule is COC(=O)c1ccc(Nc2nc(-c3cccs3)cs2)nn1. The van der Waals surface area contributed by atoms with Crippen LogP contribution in [0.3, 0.4) is 0 Å². The molecule has 0 aliphatic carbocycles. The van der Waals surface area contributed by atoms with E-state index in [4.69, 9.17) is 0 Å². The van der Waals surface area contributed by atoms with Gasteiger partial charge in [-0.05, 0) is 23.6 Å². The van der Waals surface area contributed by atoms with Crippen molar-refractivity contribution in [2.75, 3.05) is 12.4 Å². The molecule has 1 N–H and O–H groups in total. The second-order valence-electron chi connectivity index (χ2n) is 3.94. The molecule has 3 rings (SSSR count). The van der Waals surface area contributed by atoms with Gasteiger partial charge < -0.3 is 10.1 Å². The Hall–Kier alpha value is -2.32. The van der Waals surface area contributed by atoms with Crippen LogP contribution in [-0.2, 0) is 4.74 Å². The zero-order valence-corrected chi connectivity index (χ0v) is 12.6. The molecule has 0 aliphatic heterocycles. The summed E-state index contributed by atoms with van der Waals surface area (Å²) >= 11 is 3.12. The second-order valence-corrected chi connectivity index (χ2v) is 5.74. The number of aromatic nitrogens is 3. The van der Waals surface area contributed by atoms with Gasteiger partial charge in [-0.1, -0.05) is 6.07 Å². The minimum Gasteiger partial charge on any atom is -0.464 e. The van der Waals surface area contributed by atoms with Gasteiger partial charge in [0.25, 0.3) is 0 Å². The molecule has 6 nitrogen and oxygen atoms in total. The molecule has 0 saturated carbocycles. The van der Waals surface area contributed by atoms with Crippen molar-refractivity contribution >= 4 is 39.6 Å². The van der Waals surface area contributed by atoms with Crippen molar-refractivity contribution in [1.29, 1.82) is 0 Å². The van der Waals surface area contributed by atoms with Crippen LogP contribution in [0.5, 0.6) is 0 Å². The number of nitrogens with one attached hydrogen (secondary N) is 1. The summed E-state index contributed by atoms with van der Waals surface area (Å²) in [6.45, 7) is 0. The topological polar surface area (TPSA) is 77.0 Å². The summed E-state index contributed by atoms with van der Waals surface area (Å²) in [5.41, 5.74) is 1.10. The van der Waals surface area contributed by atoms with Gasteiger partial charge >= 0.3 is 5.97 Å². The van der Waals surface area contributed by atoms with Crippen LogP contribution < -0.4 is 5.32 Å². The van der Waals surface area contributed by atoms with Gasteiger partial charge in [-0.2, -0.15) is 0 Å². The summed E-state index contributed by atoms with van der Waals surface area (Å²) in [4.78, 5) is 16.9. The number of hydrogen-bond donors (Lipinski definition) is 1. The van der Waals surface area contributed by atoms with E-state index in [9.17, 15) is 4.79 Å². The van der Waals surface area contributed by atoms with Crippen LogP contribution in [0.4, 0.5) is 10.9 Å². The summed E-state index contributed by atoms with van der Waals surface area (Å²) in [5.74, 6) is 0.0120. The highest BCUT2D eigenvalue weighted by atomic mass is 32.1. The van der Waals surface area contributed by atoms with Crippen molar-refractivity contribution in [2.24, 2.45) is 0 Å². The smallest absolute Gasteiger partial charge is 0.358 e. The van der Waals surface area contributed by atoms with Gasteiger partial charge in [-0.25, -0.2) is 9.78 Å². The quantitative estimate of drug-likeness (QED) is 0.744. The standard InChI is InChI=1S/C13H10N4O2S2/c1-19-12(18)8-4-5-11(17-16-8)15-13-14-9(7-21-13)10-3-2-6-20-10/h2-7H,1H3,(H,14,15,17). The molecule has 3 aromatic rings. The average Bonchev–Trinajstić information content (AvgIpc) is 3.18. The molecule has 8 heteroatoms. The molecule has 0 atom stereocenters. The second kappa shape index (κ2) is 5.98. The summed E-state index contributed by atoms with van der Waals surface area (Å²) in [6, 6.07) is 7.22. The monoisotopic (exact) mass is 318 g/mol. The summed E-state index contributed by atoms with van der Waals surface area (Å²) in [5, 5.41) is 15.5. The molecule has 21 heavy (non-hydrogen) atoms. The Balaban J connectivity index is 1.73. The molecule has 0 amide bonds. The Kier molecular flexibility index (Phi) is 3.89. The van der Waals surface area contributed by atoms with E-state index in [0.717, 1.165) is 15.7 Å². The van der Waals surface area contributed by atoms with Gasteiger partial charge in [0.2, 0.25) is 0 Å². The van der Waals surface area contributed by atoms with Crippen LogP contribution in [0.25, 0.3) is 10.6 Å². The molecule has 0 aromatic carbocycles. The first-order valence-electron chi connectivity index (χ1n) is 5.95. The van der Waals surface area contributed by atoms with E-state index < -0.39 is 5.97 Å². The van der Waals surface area contributed by atoms with Crippen LogP contribution in [0.1, 0.15) is 10.5 Å². The third-order valence-electron chi connectivity index (χ3n) is 2.57. The zero-order valence-electron chi connectivity index (χ0n) is 10.9. The molecular formula is C13H10N4O2S2. The molecular weight excluding hydrogens is 308 g/mol. The van der Waals surface area contributed by atoms with Crippen LogP contribution in [0, 0.1) is 0 Å². The molecule has 3 heterocycles. The van der Waals surface area contributed by atoms with Crippen molar-refractivity contribution < 1.29 is 9.53 Å². The van der Waals surface area contributed by atoms with E-state index in [2.05, 4.69) is 25.2 Å². The van der Waals surface area contributed by atoms with Crippen molar-refractivity contribution in [3.05, 3.63) is 40.7 Å². The van der Waals surface area contributed by atoms with Crippen LogP contribution in [0.15, 0.2) is 35.0 Å². The van der Waals surface area contributed by atoms with Crippen LogP contribution >= 0.6 is 22.7 Å². The first-order chi connectivity index (χ1) is 10.3. The maximum absolute atomic E-state index is 11.3. The van der Waals surface area contributed by atoms with Crippen LogP contribution in [-0.4, -0.2) is 28.3 Å². The lowest BCUT2D eigenvalue weighted by Gasteiger charge is -2.01. The molecule has 0 spiro atoms. The maximum Gasteiger partial charge on any atom is 0.358 e. The lowest BCUT2D eigenvalue weighted by molar-refractivity contribution is 0.0593. The lowest BCUT2D eigenvalue weighted by atomic mass is 10.4. The number of carbonyl (C=O) groups is 1. The predicted molar refractivity (Wildman–Crippen MR) is 82.1 cm³/mol. The molecule has 0 unspecified atom stereocenters. The number of thiophene rings is 1. The summed E-state index contributed by atoms with van der Waals surface area (Å²) in [6.07, 6.45) is 0. The fourth-order valence-corrected chi connectivity index (χ4v) is 3.07. The Morgan fingerprint density at radius 2 is 2.14 bits per heavy atom. The number of carbonyl (C=O) groups excluding carboxylic acids is 1. The predicted octanol–water partition coefficient (Wildman–Crippen LogP) is 3.19. The number of rotatable bonds is 4. The van der Waals surface area contributed by atoms with Gasteiger partial charge in [0.1, 0.15) is 0 Å². The van der Waals surface area contributed by atoms with E-state index in [-0.39, 0.29) is 5.69 Å². The number of anilines is 2. The first-order valence-corrected chi connectivity index (χ1v) is 7.70. The van der Waals surface area contributed by atoms with Gasteiger partial charge in [0.05, 0.1) is 17.7 Å². The van der Waals surface area contributed by atoms with E-state index in [0.29, 0.717) is 5.82 Å². The highest BCUT2D eigenvalue weighted by Crippen LogP contribution is 2.29. The highest BCUT2D eigenvalue weighted by Gasteiger charge is 2.09. The lowest BCUT2D eigenvalue weighted by Crippen LogP contribution is -2.06. The fraction of sp³-hybridized carbons (Fsp3) is 0.0769. The molecule has 0 bridgehead atoms. The van der Waals surface area contributed by atoms with Gasteiger partial charge in [-0.15, -0.1) is 32.9 Å². The number of nitrogens with zero attached hydrogens (tertiary/aromatic N) is 3. The van der Waals surface area contributed by atoms with E-state index in [1.165, 1.54) is 18.4 Å². The molecule has 0 radical (unpaired) electrons. The normalized spacial score (nSPS) is 10.3. The maximum atomic E-state index is 11.3. The third-order valence-corrected chi connectivity index (χ3v) is 4.22. The van der Waals surface area contributed by atoms with E-state index >= 15 is 0 Å². The average molecular weight is 318 g/mol. The van der Waals surface area contributed by atoms with Crippen LogP contribution in [0.2, 0.25) is 0 Å². The Labute approximate surface area is 128 Å². The minimum absolute atomic E-state index is 0.168. The van der Waals surface area contributed by atoms with Crippen molar-refractivity contribution in [3.63, 3.8) is 0 Å². The molecule has 106 valence electrons. The third kappa shape index (κ3) is 3.06. The van der Waals surface area contributed by atoms with Crippen molar-refractivity contribution in [2.45, 2.75) is 0 Å². The number of thiazole rings is 1. The van der Waals surface area contributed by atoms with Gasteiger partial charge in [-0.3, -0.25) is 0 Å². The van der Waals surface area contributed by atoms with Gasteiger partial charge in [0, 0.05) is 5.38 Å². The highest BCUT2D eigenvalue weighted by molar-refractivity contribution is 7.16. The first kappa shape index (κ1) is 13.7. The number of esters is 1. The Morgan fingerprint density at radius 1 is 1.24 bits per heavy atom. The Morgan fingerprint density at radius 3 is 2.81 bits per heavy atom. The van der Waals surface area contributed by atoms with E-state index in [1.54, 1.807) is 23.5 Å². The molecule has 0 fully saturated rings. The van der Waals surface area contributed by atoms with Gasteiger partial charge in [0.15, 0.2) is 16.6 Å². The largest absolute Gasteiger partial charge is 0.464 e. The fourth-order valence-electron chi connectivity index (χ4n) is 1.59. The number of hydrogen-bond acceptors (Lipinski definition) is 8. The van der Waals surface area contributed by atoms with E-state index in [1.807, 2.05) is 22.9 Å². The number of methoxy groups -OCH3 is 1. The zero-order chi connectivity index (χ0) is 14.7. The minimum atomic E-state index is -0.511. The molecule has 3 aromatic heterocycles. The summed E-state index contributed by atoms with van der Waals surface area (Å²) < 4.78 is 4.57. The van der Waals surface area contributed by atoms with Crippen molar-refractivity contribution in [3.8, 4) is 10.6 Å². The Bertz CT molecular complexity index is 738. The van der Waals surface area contributed by atoms with Crippen molar-refractivity contribution in [1.82, 2.24) is 15.2 Å².